The molecule has 0 amide bonds. The second-order valence-corrected chi connectivity index (χ2v) is 13.3. The highest BCUT2D eigenvalue weighted by Gasteiger charge is 2.26. The Morgan fingerprint density at radius 3 is 1.75 bits per heavy atom. The van der Waals surface area contributed by atoms with E-state index in [4.69, 9.17) is 23.6 Å². The van der Waals surface area contributed by atoms with E-state index in [0.29, 0.717) is 6.61 Å². The number of carbonyl (C=O) groups is 1. The normalized spacial score (nSPS) is 15.0. The zero-order valence-corrected chi connectivity index (χ0v) is 30.8. The van der Waals surface area contributed by atoms with E-state index in [9.17, 15) is 19.4 Å². The van der Waals surface area contributed by atoms with Crippen LogP contribution in [0, 0.1) is 0 Å². The smallest absolute Gasteiger partial charge is 0.457 e. The molecule has 0 radical (unpaired) electrons. The molecule has 0 rings (SSSR count). The molecule has 0 saturated heterocycles. The summed E-state index contributed by atoms with van der Waals surface area (Å²) in [5.74, 6) is -0.405. The molecule has 9 nitrogen and oxygen atoms in total. The number of ether oxygens (including phenoxy) is 2. The molecule has 3 unspecified atom stereocenters. The predicted molar refractivity (Wildman–Crippen MR) is 196 cm³/mol. The van der Waals surface area contributed by atoms with Gasteiger partial charge in [-0.05, 0) is 57.8 Å². The van der Waals surface area contributed by atoms with Crippen LogP contribution in [-0.4, -0.2) is 66.3 Å². The molecule has 0 aliphatic rings. The second kappa shape index (κ2) is 35.0. The van der Waals surface area contributed by atoms with Gasteiger partial charge in [-0.2, -0.15) is 0 Å². The van der Waals surface area contributed by atoms with Gasteiger partial charge in [-0.3, -0.25) is 13.8 Å². The fourth-order valence-corrected chi connectivity index (χ4v) is 5.23. The molecule has 0 aliphatic heterocycles. The molecule has 0 bridgehead atoms. The van der Waals surface area contributed by atoms with Crippen LogP contribution < -0.4 is 0 Å². The maximum absolute atomic E-state index is 12.5. The third kappa shape index (κ3) is 34.0. The summed E-state index contributed by atoms with van der Waals surface area (Å²) in [5, 5.41) is 18.2. The van der Waals surface area contributed by atoms with E-state index in [1.165, 1.54) is 38.5 Å². The molecular formula is C38H67O9P. The van der Waals surface area contributed by atoms with Crippen molar-refractivity contribution in [3.05, 3.63) is 60.8 Å². The summed E-state index contributed by atoms with van der Waals surface area (Å²) in [7, 11) is -4.52. The number of aliphatic hydroxyl groups excluding tert-OH is 2. The average molecular weight is 699 g/mol. The highest BCUT2D eigenvalue weighted by molar-refractivity contribution is 7.47. The summed E-state index contributed by atoms with van der Waals surface area (Å²) in [4.78, 5) is 22.4. The third-order valence-electron chi connectivity index (χ3n) is 7.22. The maximum atomic E-state index is 12.5. The van der Waals surface area contributed by atoms with Gasteiger partial charge < -0.3 is 24.6 Å². The Bertz CT molecular complexity index is 929. The van der Waals surface area contributed by atoms with Gasteiger partial charge in [-0.15, -0.1) is 0 Å². The van der Waals surface area contributed by atoms with Crippen LogP contribution in [0.4, 0.5) is 0 Å². The number of phosphoric acid groups is 1. The Balaban J connectivity index is 4.32. The van der Waals surface area contributed by atoms with Gasteiger partial charge in [0, 0.05) is 13.0 Å². The molecule has 48 heavy (non-hydrogen) atoms. The molecule has 0 spiro atoms. The van der Waals surface area contributed by atoms with Crippen LogP contribution in [0.15, 0.2) is 60.8 Å². The van der Waals surface area contributed by atoms with Gasteiger partial charge in [0.25, 0.3) is 0 Å². The van der Waals surface area contributed by atoms with E-state index in [2.05, 4.69) is 74.6 Å². The molecule has 3 atom stereocenters. The molecule has 0 saturated carbocycles. The van der Waals surface area contributed by atoms with Crippen LogP contribution in [0.1, 0.15) is 129 Å². The number of phosphoric ester groups is 1. The van der Waals surface area contributed by atoms with Crippen LogP contribution in [0.25, 0.3) is 0 Å². The van der Waals surface area contributed by atoms with Crippen molar-refractivity contribution in [3.8, 4) is 0 Å². The maximum Gasteiger partial charge on any atom is 0.472 e. The van der Waals surface area contributed by atoms with Crippen LogP contribution >= 0.6 is 7.82 Å². The number of aliphatic hydroxyl groups is 2. The van der Waals surface area contributed by atoms with Crippen molar-refractivity contribution in [2.75, 3.05) is 33.0 Å². The molecule has 3 N–H and O–H groups in total. The van der Waals surface area contributed by atoms with E-state index in [-0.39, 0.29) is 13.0 Å². The van der Waals surface area contributed by atoms with Gasteiger partial charge in [0.1, 0.15) is 12.2 Å². The Kier molecular flexibility index (Phi) is 33.7. The largest absolute Gasteiger partial charge is 0.472 e. The quantitative estimate of drug-likeness (QED) is 0.0260. The van der Waals surface area contributed by atoms with Crippen molar-refractivity contribution >= 4 is 13.8 Å². The first-order valence-corrected chi connectivity index (χ1v) is 19.8. The van der Waals surface area contributed by atoms with Gasteiger partial charge >= 0.3 is 13.8 Å². The number of hydrogen-bond acceptors (Lipinski definition) is 8. The minimum Gasteiger partial charge on any atom is -0.457 e. The fourth-order valence-electron chi connectivity index (χ4n) is 4.44. The van der Waals surface area contributed by atoms with Gasteiger partial charge in [-0.1, -0.05) is 126 Å². The summed E-state index contributed by atoms with van der Waals surface area (Å²) in [6, 6.07) is 0. The number of unbranched alkanes of at least 4 members (excludes halogenated alkanes) is 10. The number of rotatable bonds is 34. The average Bonchev–Trinajstić information content (AvgIpc) is 3.07. The fraction of sp³-hybridized carbons (Fsp3) is 0.711. The highest BCUT2D eigenvalue weighted by Crippen LogP contribution is 2.43. The minimum absolute atomic E-state index is 0.0183. The SMILES string of the molecule is CC/C=C\C/C=C\C/C=C\C/C=C\C/C=C\CCCCOCC(COP(=O)(O)OCC(O)CO)OC(=O)CCCCCCCCCCC. The Labute approximate surface area is 291 Å². The van der Waals surface area contributed by atoms with E-state index in [1.54, 1.807) is 0 Å². The lowest BCUT2D eigenvalue weighted by atomic mass is 10.1. The van der Waals surface area contributed by atoms with E-state index >= 15 is 0 Å². The highest BCUT2D eigenvalue weighted by atomic mass is 31.2. The summed E-state index contributed by atoms with van der Waals surface area (Å²) in [6.45, 7) is 3.23. The Morgan fingerprint density at radius 1 is 0.667 bits per heavy atom. The topological polar surface area (TPSA) is 132 Å². The molecule has 0 aromatic rings. The summed E-state index contributed by atoms with van der Waals surface area (Å²) >= 11 is 0. The van der Waals surface area contributed by atoms with E-state index in [0.717, 1.165) is 70.6 Å². The van der Waals surface area contributed by atoms with Gasteiger partial charge in [0.15, 0.2) is 0 Å². The van der Waals surface area contributed by atoms with E-state index in [1.807, 2.05) is 0 Å². The number of carbonyl (C=O) groups excluding carboxylic acids is 1. The lowest BCUT2D eigenvalue weighted by Gasteiger charge is -2.20. The van der Waals surface area contributed by atoms with Crippen LogP contribution in [0.5, 0.6) is 0 Å². The van der Waals surface area contributed by atoms with Gasteiger partial charge in [0.05, 0.1) is 26.4 Å². The standard InChI is InChI=1S/C38H67O9P/c1-3-5-7-9-11-13-14-15-16-17-18-19-20-21-23-25-27-29-31-44-34-37(35-46-48(42,43)45-33-36(40)32-39)47-38(41)30-28-26-24-22-12-10-8-6-4-2/h5,7,11,13,15-16,18-19,21,23,36-37,39-40H,3-4,6,8-10,12,14,17,20,22,24-35H2,1-2H3,(H,42,43)/b7-5-,13-11-,16-15-,19-18-,23-21-. The van der Waals surface area contributed by atoms with Crippen molar-refractivity contribution < 1.29 is 43.0 Å². The summed E-state index contributed by atoms with van der Waals surface area (Å²) < 4.78 is 33.1. The first kappa shape index (κ1) is 46.2. The van der Waals surface area contributed by atoms with Crippen molar-refractivity contribution in [1.29, 1.82) is 0 Å². The van der Waals surface area contributed by atoms with Crippen LogP contribution in [-0.2, 0) is 27.9 Å². The van der Waals surface area contributed by atoms with E-state index < -0.39 is 45.8 Å². The molecule has 0 aromatic carbocycles. The molecule has 0 aromatic heterocycles. The molecule has 0 heterocycles. The van der Waals surface area contributed by atoms with Crippen LogP contribution in [0.3, 0.4) is 0 Å². The Hall–Kier alpha value is -1.84. The van der Waals surface area contributed by atoms with Gasteiger partial charge in [-0.25, -0.2) is 4.57 Å². The van der Waals surface area contributed by atoms with Gasteiger partial charge in [0.2, 0.25) is 0 Å². The lowest BCUT2D eigenvalue weighted by Crippen LogP contribution is -2.29. The summed E-state index contributed by atoms with van der Waals surface area (Å²) in [6.07, 6.45) is 37.6. The second-order valence-electron chi connectivity index (χ2n) is 11.9. The monoisotopic (exact) mass is 698 g/mol. The summed E-state index contributed by atoms with van der Waals surface area (Å²) in [5.41, 5.74) is 0. The van der Waals surface area contributed by atoms with Crippen molar-refractivity contribution in [1.82, 2.24) is 0 Å². The third-order valence-corrected chi connectivity index (χ3v) is 8.17. The first-order chi connectivity index (χ1) is 23.3. The number of esters is 1. The number of allylic oxidation sites excluding steroid dienone is 10. The zero-order chi connectivity index (χ0) is 35.4. The number of hydrogen-bond donors (Lipinski definition) is 3. The van der Waals surface area contributed by atoms with Crippen molar-refractivity contribution in [3.63, 3.8) is 0 Å². The molecular weight excluding hydrogens is 631 g/mol. The predicted octanol–water partition coefficient (Wildman–Crippen LogP) is 9.24. The molecule has 278 valence electrons. The first-order valence-electron chi connectivity index (χ1n) is 18.3. The van der Waals surface area contributed by atoms with Crippen LogP contribution in [0.2, 0.25) is 0 Å². The minimum atomic E-state index is -4.52. The molecule has 10 heteroatoms. The molecule has 0 fully saturated rings. The zero-order valence-electron chi connectivity index (χ0n) is 29.9. The Morgan fingerprint density at radius 2 is 1.19 bits per heavy atom. The van der Waals surface area contributed by atoms with Crippen molar-refractivity contribution in [2.45, 2.75) is 142 Å². The molecule has 0 aliphatic carbocycles. The van der Waals surface area contributed by atoms with Crippen molar-refractivity contribution in [2.24, 2.45) is 0 Å². The lowest BCUT2D eigenvalue weighted by molar-refractivity contribution is -0.154.